The quantitative estimate of drug-likeness (QED) is 0.644. The number of hydrogen-bond donors (Lipinski definition) is 0. The smallest absolute Gasteiger partial charge is 0.269 e. The molecule has 1 saturated heterocycles. The Labute approximate surface area is 168 Å². The zero-order valence-electron chi connectivity index (χ0n) is 15.4. The van der Waals surface area contributed by atoms with Crippen LogP contribution in [-0.4, -0.2) is 29.6 Å². The number of fused-ring (bicyclic) bond motifs is 1. The lowest BCUT2D eigenvalue weighted by Crippen LogP contribution is -2.30. The Morgan fingerprint density at radius 3 is 2.48 bits per heavy atom. The third kappa shape index (κ3) is 3.51. The molecule has 4 rings (SSSR count). The van der Waals surface area contributed by atoms with Gasteiger partial charge in [-0.1, -0.05) is 55.4 Å². The summed E-state index contributed by atoms with van der Waals surface area (Å²) in [5.41, 5.74) is 2.02. The fourth-order valence-corrected chi connectivity index (χ4v) is 5.41. The molecule has 2 aromatic carbocycles. The van der Waals surface area contributed by atoms with E-state index >= 15 is 0 Å². The number of unbranched alkanes of at least 4 members (excludes halogenated alkanes) is 1. The SMILES string of the molecule is CCCCN1C(=O)C(=C2Sc3ccccc3N2C)SC1=Nc1ccccc1. The van der Waals surface area contributed by atoms with E-state index in [0.717, 1.165) is 39.3 Å². The van der Waals surface area contributed by atoms with Gasteiger partial charge in [-0.15, -0.1) is 0 Å². The summed E-state index contributed by atoms with van der Waals surface area (Å²) >= 11 is 3.15. The van der Waals surface area contributed by atoms with Crippen molar-refractivity contribution in [1.29, 1.82) is 0 Å². The van der Waals surface area contributed by atoms with Gasteiger partial charge in [0.1, 0.15) is 4.91 Å². The normalized spacial score (nSPS) is 20.7. The number of amidine groups is 1. The largest absolute Gasteiger partial charge is 0.337 e. The maximum absolute atomic E-state index is 13.2. The van der Waals surface area contributed by atoms with E-state index in [4.69, 9.17) is 4.99 Å². The second kappa shape index (κ2) is 7.82. The summed E-state index contributed by atoms with van der Waals surface area (Å²) in [5.74, 6) is 0.0605. The lowest BCUT2D eigenvalue weighted by Gasteiger charge is -2.16. The fourth-order valence-electron chi connectivity index (χ4n) is 3.05. The summed E-state index contributed by atoms with van der Waals surface area (Å²) in [7, 11) is 2.03. The van der Waals surface area contributed by atoms with E-state index in [1.807, 2.05) is 54.4 Å². The fraction of sp³-hybridized carbons (Fsp3) is 0.238. The van der Waals surface area contributed by atoms with Crippen LogP contribution in [0, 0.1) is 0 Å². The molecule has 0 bridgehead atoms. The van der Waals surface area contributed by atoms with E-state index in [-0.39, 0.29) is 5.91 Å². The van der Waals surface area contributed by atoms with Crippen LogP contribution in [0.5, 0.6) is 0 Å². The van der Waals surface area contributed by atoms with E-state index in [2.05, 4.69) is 24.0 Å². The average Bonchev–Trinajstić information content (AvgIpc) is 3.18. The minimum atomic E-state index is 0.0605. The predicted molar refractivity (Wildman–Crippen MR) is 115 cm³/mol. The molecule has 0 aromatic heterocycles. The molecule has 1 fully saturated rings. The number of thioether (sulfide) groups is 2. The van der Waals surface area contributed by atoms with Crippen molar-refractivity contribution < 1.29 is 4.79 Å². The lowest BCUT2D eigenvalue weighted by molar-refractivity contribution is -0.122. The number of rotatable bonds is 4. The molecule has 0 N–H and O–H groups in total. The first-order valence-corrected chi connectivity index (χ1v) is 10.7. The van der Waals surface area contributed by atoms with Crippen molar-refractivity contribution in [3.63, 3.8) is 0 Å². The van der Waals surface area contributed by atoms with Gasteiger partial charge in [0.2, 0.25) is 0 Å². The lowest BCUT2D eigenvalue weighted by atomic mass is 10.3. The van der Waals surface area contributed by atoms with E-state index in [9.17, 15) is 4.79 Å². The van der Waals surface area contributed by atoms with Crippen molar-refractivity contribution in [3.05, 3.63) is 64.5 Å². The molecule has 2 heterocycles. The van der Waals surface area contributed by atoms with Gasteiger partial charge in [0.05, 0.1) is 16.4 Å². The first-order valence-electron chi connectivity index (χ1n) is 9.07. The number of aliphatic imine (C=N–C) groups is 1. The van der Waals surface area contributed by atoms with E-state index in [1.54, 1.807) is 11.8 Å². The maximum atomic E-state index is 13.2. The van der Waals surface area contributed by atoms with Crippen molar-refractivity contribution in [3.8, 4) is 0 Å². The third-order valence-corrected chi connectivity index (χ3v) is 6.94. The minimum absolute atomic E-state index is 0.0605. The molecular formula is C21H21N3OS2. The Bertz CT molecular complexity index is 924. The van der Waals surface area contributed by atoms with Crippen LogP contribution in [0.4, 0.5) is 11.4 Å². The van der Waals surface area contributed by atoms with Crippen LogP contribution in [0.15, 0.2) is 74.4 Å². The Kier molecular flexibility index (Phi) is 5.27. The van der Waals surface area contributed by atoms with Crippen molar-refractivity contribution in [2.24, 2.45) is 4.99 Å². The number of para-hydroxylation sites is 2. The standard InChI is InChI=1S/C21H21N3OS2/c1-3-4-14-24-19(25)18(27-21(24)22-15-10-6-5-7-11-15)20-23(2)16-12-8-9-13-17(16)26-20/h5-13H,3-4,14H2,1-2H3. The van der Waals surface area contributed by atoms with Gasteiger partial charge in [0.25, 0.3) is 5.91 Å². The summed E-state index contributed by atoms with van der Waals surface area (Å²) < 4.78 is 0. The van der Waals surface area contributed by atoms with Crippen LogP contribution in [0.1, 0.15) is 19.8 Å². The molecule has 0 unspecified atom stereocenters. The number of nitrogens with zero attached hydrogens (tertiary/aromatic N) is 3. The summed E-state index contributed by atoms with van der Waals surface area (Å²) in [4.78, 5) is 23.9. The van der Waals surface area contributed by atoms with Gasteiger partial charge in [-0.2, -0.15) is 0 Å². The molecule has 2 aliphatic rings. The topological polar surface area (TPSA) is 35.9 Å². The molecule has 0 radical (unpaired) electrons. The van der Waals surface area contributed by atoms with Gasteiger partial charge in [-0.05, 0) is 42.4 Å². The van der Waals surface area contributed by atoms with Crippen LogP contribution in [0.3, 0.4) is 0 Å². The summed E-state index contributed by atoms with van der Waals surface area (Å²) in [5, 5.41) is 1.76. The first kappa shape index (κ1) is 18.2. The monoisotopic (exact) mass is 395 g/mol. The third-order valence-electron chi connectivity index (χ3n) is 4.51. The average molecular weight is 396 g/mol. The predicted octanol–water partition coefficient (Wildman–Crippen LogP) is 5.46. The molecule has 6 heteroatoms. The molecule has 0 aliphatic carbocycles. The number of hydrogen-bond acceptors (Lipinski definition) is 5. The van der Waals surface area contributed by atoms with Gasteiger partial charge < -0.3 is 4.90 Å². The van der Waals surface area contributed by atoms with Crippen molar-refractivity contribution in [2.75, 3.05) is 18.5 Å². The zero-order chi connectivity index (χ0) is 18.8. The highest BCUT2D eigenvalue weighted by atomic mass is 32.2. The molecule has 2 aliphatic heterocycles. The highest BCUT2D eigenvalue weighted by molar-refractivity contribution is 8.19. The van der Waals surface area contributed by atoms with Crippen LogP contribution < -0.4 is 4.90 Å². The van der Waals surface area contributed by atoms with Crippen molar-refractivity contribution in [1.82, 2.24) is 4.90 Å². The Morgan fingerprint density at radius 1 is 1.00 bits per heavy atom. The Morgan fingerprint density at radius 2 is 1.74 bits per heavy atom. The molecule has 27 heavy (non-hydrogen) atoms. The summed E-state index contributed by atoms with van der Waals surface area (Å²) in [6, 6.07) is 18.1. The number of anilines is 1. The molecule has 1 amide bonds. The summed E-state index contributed by atoms with van der Waals surface area (Å²) in [6.07, 6.45) is 2.00. The Balaban J connectivity index is 1.71. The second-order valence-corrected chi connectivity index (χ2v) is 8.41. The minimum Gasteiger partial charge on any atom is -0.337 e. The van der Waals surface area contributed by atoms with Crippen LogP contribution in [0.25, 0.3) is 0 Å². The maximum Gasteiger partial charge on any atom is 0.269 e. The number of carbonyl (C=O) groups is 1. The van der Waals surface area contributed by atoms with Gasteiger partial charge >= 0.3 is 0 Å². The highest BCUT2D eigenvalue weighted by Crippen LogP contribution is 2.49. The van der Waals surface area contributed by atoms with E-state index in [0.29, 0.717) is 6.54 Å². The van der Waals surface area contributed by atoms with E-state index in [1.165, 1.54) is 16.7 Å². The van der Waals surface area contributed by atoms with Gasteiger partial charge in [-0.25, -0.2) is 4.99 Å². The molecule has 0 saturated carbocycles. The molecule has 2 aromatic rings. The Hall–Kier alpha value is -2.18. The molecule has 0 spiro atoms. The van der Waals surface area contributed by atoms with Crippen LogP contribution in [-0.2, 0) is 4.79 Å². The molecule has 4 nitrogen and oxygen atoms in total. The van der Waals surface area contributed by atoms with Crippen molar-refractivity contribution >= 4 is 46.0 Å². The van der Waals surface area contributed by atoms with Gasteiger partial charge in [-0.3, -0.25) is 9.69 Å². The summed E-state index contributed by atoms with van der Waals surface area (Å²) in [6.45, 7) is 2.84. The molecular weight excluding hydrogens is 374 g/mol. The number of benzene rings is 2. The van der Waals surface area contributed by atoms with Crippen LogP contribution >= 0.6 is 23.5 Å². The van der Waals surface area contributed by atoms with Gasteiger partial charge in [0.15, 0.2) is 5.17 Å². The van der Waals surface area contributed by atoms with Crippen molar-refractivity contribution in [2.45, 2.75) is 24.7 Å². The second-order valence-electron chi connectivity index (χ2n) is 6.41. The molecule has 0 atom stereocenters. The number of carbonyl (C=O) groups excluding carboxylic acids is 1. The van der Waals surface area contributed by atoms with Crippen LogP contribution in [0.2, 0.25) is 0 Å². The number of amides is 1. The molecule has 138 valence electrons. The zero-order valence-corrected chi connectivity index (χ0v) is 17.0. The highest BCUT2D eigenvalue weighted by Gasteiger charge is 2.38. The van der Waals surface area contributed by atoms with Gasteiger partial charge in [0, 0.05) is 18.5 Å². The first-order chi connectivity index (χ1) is 13.2. The van der Waals surface area contributed by atoms with E-state index < -0.39 is 0 Å².